The lowest BCUT2D eigenvalue weighted by atomic mass is 10.1. The van der Waals surface area contributed by atoms with Crippen LogP contribution in [0.5, 0.6) is 5.75 Å². The average molecular weight is 272 g/mol. The molecule has 0 saturated carbocycles. The molecule has 0 fully saturated rings. The molecule has 20 heavy (non-hydrogen) atoms. The number of carbonyl (C=O) groups is 1. The molecule has 2 N–H and O–H groups in total. The van der Waals surface area contributed by atoms with Gasteiger partial charge in [0.05, 0.1) is 18.4 Å². The summed E-state index contributed by atoms with van der Waals surface area (Å²) in [5, 5.41) is 0. The van der Waals surface area contributed by atoms with Crippen LogP contribution in [0, 0.1) is 6.92 Å². The second-order valence-electron chi connectivity index (χ2n) is 4.37. The number of hydrogen-bond acceptors (Lipinski definition) is 5. The van der Waals surface area contributed by atoms with Gasteiger partial charge in [-0.15, -0.1) is 0 Å². The molecule has 0 aliphatic carbocycles. The summed E-state index contributed by atoms with van der Waals surface area (Å²) in [7, 11) is 1.50. The number of methoxy groups -OCH3 is 1. The van der Waals surface area contributed by atoms with E-state index in [0.717, 1.165) is 11.1 Å². The van der Waals surface area contributed by atoms with Gasteiger partial charge in [-0.2, -0.15) is 0 Å². The zero-order chi connectivity index (χ0) is 14.5. The van der Waals surface area contributed by atoms with E-state index in [0.29, 0.717) is 11.3 Å². The van der Waals surface area contributed by atoms with E-state index in [1.54, 1.807) is 30.6 Å². The van der Waals surface area contributed by atoms with Crippen LogP contribution in [-0.4, -0.2) is 18.1 Å². The molecule has 5 nitrogen and oxygen atoms in total. The largest absolute Gasteiger partial charge is 0.495 e. The number of para-hydroxylation sites is 1. The van der Waals surface area contributed by atoms with E-state index in [4.69, 9.17) is 15.2 Å². The summed E-state index contributed by atoms with van der Waals surface area (Å²) >= 11 is 0. The second-order valence-corrected chi connectivity index (χ2v) is 4.37. The van der Waals surface area contributed by atoms with Gasteiger partial charge >= 0.3 is 5.97 Å². The highest BCUT2D eigenvalue weighted by Crippen LogP contribution is 2.25. The predicted octanol–water partition coefficient (Wildman–Crippen LogP) is 2.34. The van der Waals surface area contributed by atoms with Gasteiger partial charge < -0.3 is 15.2 Å². The van der Waals surface area contributed by atoms with Gasteiger partial charge in [-0.05, 0) is 30.7 Å². The van der Waals surface area contributed by atoms with E-state index in [2.05, 4.69) is 4.98 Å². The molecule has 0 spiro atoms. The molecule has 5 heteroatoms. The van der Waals surface area contributed by atoms with Crippen molar-refractivity contribution < 1.29 is 14.3 Å². The summed E-state index contributed by atoms with van der Waals surface area (Å²) in [5.74, 6) is -0.0282. The Morgan fingerprint density at radius 1 is 1.35 bits per heavy atom. The van der Waals surface area contributed by atoms with E-state index in [9.17, 15) is 4.79 Å². The van der Waals surface area contributed by atoms with Gasteiger partial charge in [0.2, 0.25) is 0 Å². The van der Waals surface area contributed by atoms with Crippen LogP contribution in [0.25, 0.3) is 0 Å². The average Bonchev–Trinajstić information content (AvgIpc) is 2.45. The van der Waals surface area contributed by atoms with Gasteiger partial charge in [-0.3, -0.25) is 4.98 Å². The van der Waals surface area contributed by atoms with Crippen LogP contribution in [-0.2, 0) is 11.3 Å². The zero-order valence-electron chi connectivity index (χ0n) is 11.4. The Bertz CT molecular complexity index is 626. The maximum atomic E-state index is 12.0. The molecule has 0 atom stereocenters. The Morgan fingerprint density at radius 3 is 2.85 bits per heavy atom. The highest BCUT2D eigenvalue weighted by Gasteiger charge is 2.14. The van der Waals surface area contributed by atoms with Crippen molar-refractivity contribution in [2.24, 2.45) is 0 Å². The maximum Gasteiger partial charge on any atom is 0.340 e. The highest BCUT2D eigenvalue weighted by atomic mass is 16.5. The number of nitrogens with zero attached hydrogens (tertiary/aromatic N) is 1. The molecule has 0 bridgehead atoms. The number of aromatic nitrogens is 1. The molecule has 104 valence electrons. The Morgan fingerprint density at radius 2 is 2.15 bits per heavy atom. The van der Waals surface area contributed by atoms with Gasteiger partial charge in [-0.25, -0.2) is 4.79 Å². The first kappa shape index (κ1) is 13.9. The molecule has 2 rings (SSSR count). The molecule has 0 aliphatic heterocycles. The van der Waals surface area contributed by atoms with Crippen molar-refractivity contribution in [3.63, 3.8) is 0 Å². The smallest absolute Gasteiger partial charge is 0.340 e. The number of pyridine rings is 1. The lowest BCUT2D eigenvalue weighted by Crippen LogP contribution is -2.09. The lowest BCUT2D eigenvalue weighted by Gasteiger charge is -2.10. The number of ether oxygens (including phenoxy) is 2. The molecule has 1 heterocycles. The van der Waals surface area contributed by atoms with Crippen LogP contribution in [0.4, 0.5) is 5.69 Å². The Kier molecular flexibility index (Phi) is 4.20. The topological polar surface area (TPSA) is 74.4 Å². The first-order valence-electron chi connectivity index (χ1n) is 6.12. The predicted molar refractivity (Wildman–Crippen MR) is 75.5 cm³/mol. The van der Waals surface area contributed by atoms with E-state index in [1.165, 1.54) is 7.11 Å². The number of nitrogens with two attached hydrogens (primary N) is 1. The summed E-state index contributed by atoms with van der Waals surface area (Å²) in [5.41, 5.74) is 8.27. The normalized spacial score (nSPS) is 10.1. The monoisotopic (exact) mass is 272 g/mol. The van der Waals surface area contributed by atoms with Crippen LogP contribution in [0.3, 0.4) is 0 Å². The molecule has 0 amide bonds. The van der Waals surface area contributed by atoms with Crippen molar-refractivity contribution in [2.45, 2.75) is 13.5 Å². The second kappa shape index (κ2) is 6.06. The van der Waals surface area contributed by atoms with Crippen LogP contribution in [0.2, 0.25) is 0 Å². The van der Waals surface area contributed by atoms with Crippen molar-refractivity contribution in [2.75, 3.05) is 12.8 Å². The fraction of sp³-hybridized carbons (Fsp3) is 0.200. The Hall–Kier alpha value is -2.56. The van der Waals surface area contributed by atoms with Gasteiger partial charge in [0, 0.05) is 18.0 Å². The van der Waals surface area contributed by atoms with Gasteiger partial charge in [0.1, 0.15) is 12.4 Å². The van der Waals surface area contributed by atoms with Crippen molar-refractivity contribution in [1.29, 1.82) is 0 Å². The van der Waals surface area contributed by atoms with Crippen LogP contribution < -0.4 is 10.5 Å². The molecule has 0 radical (unpaired) electrons. The number of hydrogen-bond donors (Lipinski definition) is 1. The fourth-order valence-electron chi connectivity index (χ4n) is 1.82. The number of carbonyl (C=O) groups excluding carboxylic acids is 1. The molecule has 2 aromatic rings. The third kappa shape index (κ3) is 3.06. The van der Waals surface area contributed by atoms with E-state index < -0.39 is 5.97 Å². The molecule has 0 aliphatic rings. The maximum absolute atomic E-state index is 12.0. The number of benzene rings is 1. The van der Waals surface area contributed by atoms with E-state index >= 15 is 0 Å². The van der Waals surface area contributed by atoms with Gasteiger partial charge in [0.15, 0.2) is 0 Å². The minimum Gasteiger partial charge on any atom is -0.495 e. The summed E-state index contributed by atoms with van der Waals surface area (Å²) in [4.78, 5) is 16.1. The third-order valence-electron chi connectivity index (χ3n) is 2.81. The standard InChI is InChI=1S/C15H16N2O3/c1-10-6-11(8-17-7-10)9-20-15(18)12-4-3-5-13(19-2)14(12)16/h3-8H,9,16H2,1-2H3. The van der Waals surface area contributed by atoms with Gasteiger partial charge in [-0.1, -0.05) is 6.07 Å². The number of anilines is 1. The summed E-state index contributed by atoms with van der Waals surface area (Å²) in [6.07, 6.45) is 3.40. The summed E-state index contributed by atoms with van der Waals surface area (Å²) < 4.78 is 10.3. The quantitative estimate of drug-likeness (QED) is 0.683. The van der Waals surface area contributed by atoms with E-state index in [1.807, 2.05) is 13.0 Å². The molecule has 1 aromatic heterocycles. The molecular weight excluding hydrogens is 256 g/mol. The molecular formula is C15H16N2O3. The van der Waals surface area contributed by atoms with Crippen LogP contribution >= 0.6 is 0 Å². The zero-order valence-corrected chi connectivity index (χ0v) is 11.4. The number of esters is 1. The van der Waals surface area contributed by atoms with Crippen LogP contribution in [0.15, 0.2) is 36.7 Å². The van der Waals surface area contributed by atoms with E-state index in [-0.39, 0.29) is 12.3 Å². The lowest BCUT2D eigenvalue weighted by molar-refractivity contribution is 0.0473. The number of rotatable bonds is 4. The van der Waals surface area contributed by atoms with Crippen molar-refractivity contribution >= 4 is 11.7 Å². The Labute approximate surface area is 117 Å². The first-order valence-corrected chi connectivity index (χ1v) is 6.12. The summed E-state index contributed by atoms with van der Waals surface area (Å²) in [6, 6.07) is 6.90. The fourth-order valence-corrected chi connectivity index (χ4v) is 1.82. The first-order chi connectivity index (χ1) is 9.61. The minimum absolute atomic E-state index is 0.157. The number of aryl methyl sites for hydroxylation is 1. The van der Waals surface area contributed by atoms with Crippen molar-refractivity contribution in [3.05, 3.63) is 53.3 Å². The highest BCUT2D eigenvalue weighted by molar-refractivity contribution is 5.96. The van der Waals surface area contributed by atoms with Gasteiger partial charge in [0.25, 0.3) is 0 Å². The Balaban J connectivity index is 2.09. The third-order valence-corrected chi connectivity index (χ3v) is 2.81. The molecule has 1 aromatic carbocycles. The van der Waals surface area contributed by atoms with Crippen molar-refractivity contribution in [3.8, 4) is 5.75 Å². The number of nitrogen functional groups attached to an aromatic ring is 1. The molecule has 0 saturated heterocycles. The van der Waals surface area contributed by atoms with Crippen LogP contribution in [0.1, 0.15) is 21.5 Å². The SMILES string of the molecule is COc1cccc(C(=O)OCc2cncc(C)c2)c1N. The van der Waals surface area contributed by atoms with Crippen molar-refractivity contribution in [1.82, 2.24) is 4.98 Å². The summed E-state index contributed by atoms with van der Waals surface area (Å²) in [6.45, 7) is 2.09. The minimum atomic E-state index is -0.483. The molecule has 0 unspecified atom stereocenters.